The molecule has 2 heterocycles. The van der Waals surface area contributed by atoms with Crippen molar-refractivity contribution in [2.45, 2.75) is 51.6 Å². The van der Waals surface area contributed by atoms with Gasteiger partial charge in [-0.2, -0.15) is 0 Å². The first kappa shape index (κ1) is 21.5. The van der Waals surface area contributed by atoms with Crippen LogP contribution in [0.4, 0.5) is 5.00 Å². The van der Waals surface area contributed by atoms with Gasteiger partial charge in [-0.3, -0.25) is 4.79 Å². The van der Waals surface area contributed by atoms with Crippen molar-refractivity contribution in [3.8, 4) is 0 Å². The highest BCUT2D eigenvalue weighted by atomic mass is 32.1. The molecule has 2 N–H and O–H groups in total. The minimum Gasteiger partial charge on any atom is -0.465 e. The molecule has 0 unspecified atom stereocenters. The molecule has 0 saturated carbocycles. The lowest BCUT2D eigenvalue weighted by Gasteiger charge is -2.42. The third kappa shape index (κ3) is 4.10. The van der Waals surface area contributed by atoms with Crippen molar-refractivity contribution in [3.63, 3.8) is 0 Å². The third-order valence-electron chi connectivity index (χ3n) is 5.72. The van der Waals surface area contributed by atoms with Gasteiger partial charge in [-0.15, -0.1) is 11.3 Å². The van der Waals surface area contributed by atoms with E-state index in [1.165, 1.54) is 18.4 Å². The predicted octanol–water partition coefficient (Wildman–Crippen LogP) is 5.03. The van der Waals surface area contributed by atoms with Crippen LogP contribution in [0.15, 0.2) is 42.5 Å². The average molecular weight is 437 g/mol. The molecule has 5 nitrogen and oxygen atoms in total. The van der Waals surface area contributed by atoms with Crippen LogP contribution in [0.2, 0.25) is 0 Å². The monoisotopic (exact) mass is 436 g/mol. The van der Waals surface area contributed by atoms with E-state index in [-0.39, 0.29) is 23.4 Å². The Labute approximate surface area is 186 Å². The largest absolute Gasteiger partial charge is 0.465 e. The highest BCUT2D eigenvalue weighted by molar-refractivity contribution is 7.17. The number of benzene rings is 2. The molecule has 6 heteroatoms. The Bertz CT molecular complexity index is 1170. The summed E-state index contributed by atoms with van der Waals surface area (Å²) in [5.41, 5.74) is 1.91. The van der Waals surface area contributed by atoms with Crippen LogP contribution in [-0.4, -0.2) is 24.5 Å². The summed E-state index contributed by atoms with van der Waals surface area (Å²) in [5, 5.41) is 9.38. The van der Waals surface area contributed by atoms with E-state index in [0.717, 1.165) is 26.8 Å². The molecule has 0 atom stereocenters. The summed E-state index contributed by atoms with van der Waals surface area (Å²) < 4.78 is 5.09. The Morgan fingerprint density at radius 2 is 1.81 bits per heavy atom. The molecule has 3 aromatic rings. The number of hydrogen-bond donors (Lipinski definition) is 2. The Balaban J connectivity index is 1.69. The van der Waals surface area contributed by atoms with Crippen LogP contribution >= 0.6 is 11.3 Å². The van der Waals surface area contributed by atoms with E-state index >= 15 is 0 Å². The topological polar surface area (TPSA) is 67.4 Å². The number of carbonyl (C=O) groups excluding carboxylic acids is 2. The molecule has 1 aromatic heterocycles. The Hall–Kier alpha value is -2.70. The summed E-state index contributed by atoms with van der Waals surface area (Å²) in [7, 11) is 1.38. The number of rotatable bonds is 4. The predicted molar refractivity (Wildman–Crippen MR) is 126 cm³/mol. The summed E-state index contributed by atoms with van der Waals surface area (Å²) in [6.45, 7) is 8.45. The normalized spacial score (nSPS) is 16.5. The van der Waals surface area contributed by atoms with E-state index in [4.69, 9.17) is 4.74 Å². The third-order valence-corrected chi connectivity index (χ3v) is 7.19. The molecule has 31 heavy (non-hydrogen) atoms. The van der Waals surface area contributed by atoms with E-state index in [2.05, 4.69) is 38.3 Å². The number of fused-ring (bicyclic) bond motifs is 2. The summed E-state index contributed by atoms with van der Waals surface area (Å²) >= 11 is 1.46. The molecule has 1 aliphatic heterocycles. The molecule has 1 aliphatic rings. The number of carbonyl (C=O) groups is 2. The molecule has 0 radical (unpaired) electrons. The van der Waals surface area contributed by atoms with Gasteiger partial charge in [0.05, 0.1) is 19.1 Å². The maximum Gasteiger partial charge on any atom is 0.341 e. The number of nitrogens with one attached hydrogen (secondary N) is 2. The van der Waals surface area contributed by atoms with Gasteiger partial charge in [0.1, 0.15) is 5.00 Å². The summed E-state index contributed by atoms with van der Waals surface area (Å²) in [4.78, 5) is 26.8. The maximum absolute atomic E-state index is 13.0. The molecule has 0 saturated heterocycles. The summed E-state index contributed by atoms with van der Waals surface area (Å²) in [5.74, 6) is -0.559. The van der Waals surface area contributed by atoms with E-state index in [1.54, 1.807) is 0 Å². The van der Waals surface area contributed by atoms with Gasteiger partial charge >= 0.3 is 5.97 Å². The Morgan fingerprint density at radius 1 is 1.10 bits per heavy atom. The average Bonchev–Trinajstić information content (AvgIpc) is 3.04. The van der Waals surface area contributed by atoms with Gasteiger partial charge < -0.3 is 15.4 Å². The lowest BCUT2D eigenvalue weighted by atomic mass is 9.81. The van der Waals surface area contributed by atoms with Gasteiger partial charge in [-0.25, -0.2) is 4.79 Å². The fourth-order valence-corrected chi connectivity index (χ4v) is 6.01. The van der Waals surface area contributed by atoms with Crippen LogP contribution in [0.5, 0.6) is 0 Å². The van der Waals surface area contributed by atoms with Crippen molar-refractivity contribution in [3.05, 3.63) is 64.0 Å². The second kappa shape index (κ2) is 7.77. The molecule has 0 bridgehead atoms. The van der Waals surface area contributed by atoms with Crippen molar-refractivity contribution in [1.82, 2.24) is 5.32 Å². The fraction of sp³-hybridized carbons (Fsp3) is 0.360. The molecule has 2 aromatic carbocycles. The first-order chi connectivity index (χ1) is 14.6. The Kier molecular flexibility index (Phi) is 5.40. The first-order valence-electron chi connectivity index (χ1n) is 10.4. The van der Waals surface area contributed by atoms with E-state index in [0.29, 0.717) is 17.0 Å². The van der Waals surface area contributed by atoms with Crippen molar-refractivity contribution in [1.29, 1.82) is 0 Å². The van der Waals surface area contributed by atoms with E-state index in [9.17, 15) is 9.59 Å². The molecular formula is C25H28N2O3S. The zero-order chi connectivity index (χ0) is 22.4. The molecule has 4 rings (SSSR count). The second-order valence-electron chi connectivity index (χ2n) is 9.28. The molecule has 0 aliphatic carbocycles. The van der Waals surface area contributed by atoms with Gasteiger partial charge in [0.15, 0.2) is 0 Å². The van der Waals surface area contributed by atoms with Crippen molar-refractivity contribution < 1.29 is 14.3 Å². The number of ether oxygens (including phenoxy) is 1. The second-order valence-corrected chi connectivity index (χ2v) is 10.3. The highest BCUT2D eigenvalue weighted by Crippen LogP contribution is 2.45. The van der Waals surface area contributed by atoms with Crippen molar-refractivity contribution in [2.75, 3.05) is 12.4 Å². The molecule has 162 valence electrons. The van der Waals surface area contributed by atoms with Crippen LogP contribution in [0.3, 0.4) is 0 Å². The minimum atomic E-state index is -0.411. The number of hydrogen-bond acceptors (Lipinski definition) is 5. The first-order valence-corrected chi connectivity index (χ1v) is 11.2. The Morgan fingerprint density at radius 3 is 2.55 bits per heavy atom. The van der Waals surface area contributed by atoms with Gasteiger partial charge in [-0.05, 0) is 56.0 Å². The number of anilines is 1. The highest BCUT2D eigenvalue weighted by Gasteiger charge is 2.42. The van der Waals surface area contributed by atoms with Crippen LogP contribution in [-0.2, 0) is 27.9 Å². The van der Waals surface area contributed by atoms with Gasteiger partial charge in [0.2, 0.25) is 5.91 Å². The number of methoxy groups -OCH3 is 1. The van der Waals surface area contributed by atoms with E-state index < -0.39 is 5.97 Å². The molecule has 1 amide bonds. The van der Waals surface area contributed by atoms with Crippen LogP contribution in [0.1, 0.15) is 54.1 Å². The molecular weight excluding hydrogens is 408 g/mol. The SMILES string of the molecule is COC(=O)c1c(NC(=O)Cc2cccc3ccccc23)sc2c1CC(C)(C)NC2(C)C. The lowest BCUT2D eigenvalue weighted by Crippen LogP contribution is -2.55. The summed E-state index contributed by atoms with van der Waals surface area (Å²) in [6.07, 6.45) is 0.920. The van der Waals surface area contributed by atoms with Gasteiger partial charge in [0, 0.05) is 16.0 Å². The van der Waals surface area contributed by atoms with Crippen LogP contribution in [0.25, 0.3) is 10.8 Å². The van der Waals surface area contributed by atoms with Crippen LogP contribution in [0, 0.1) is 0 Å². The standard InChI is InChI=1S/C25H28N2O3S/c1-24(2)14-18-20(23(29)30-5)22(31-21(18)25(3,4)27-24)26-19(28)13-16-11-8-10-15-9-6-7-12-17(15)16/h6-12,27H,13-14H2,1-5H3,(H,26,28). The maximum atomic E-state index is 13.0. The van der Waals surface area contributed by atoms with Crippen molar-refractivity contribution in [2.24, 2.45) is 0 Å². The zero-order valence-electron chi connectivity index (χ0n) is 18.6. The quantitative estimate of drug-likeness (QED) is 0.563. The fourth-order valence-electron chi connectivity index (χ4n) is 4.72. The lowest BCUT2D eigenvalue weighted by molar-refractivity contribution is -0.115. The van der Waals surface area contributed by atoms with Crippen LogP contribution < -0.4 is 10.6 Å². The van der Waals surface area contributed by atoms with E-state index in [1.807, 2.05) is 42.5 Å². The molecule has 0 fully saturated rings. The minimum absolute atomic E-state index is 0.148. The smallest absolute Gasteiger partial charge is 0.341 e. The molecule has 0 spiro atoms. The van der Waals surface area contributed by atoms with Crippen molar-refractivity contribution >= 4 is 39.0 Å². The number of amides is 1. The zero-order valence-corrected chi connectivity index (χ0v) is 19.4. The van der Waals surface area contributed by atoms with Gasteiger partial charge in [0.25, 0.3) is 0 Å². The summed E-state index contributed by atoms with van der Waals surface area (Å²) in [6, 6.07) is 14.0. The number of esters is 1. The van der Waals surface area contributed by atoms with Gasteiger partial charge in [-0.1, -0.05) is 42.5 Å². The number of thiophene rings is 1.